The molecular weight excluding hydrogens is 130 g/mol. The van der Waals surface area contributed by atoms with E-state index in [1.54, 1.807) is 17.8 Å². The first-order valence-corrected chi connectivity index (χ1v) is 3.91. The summed E-state index contributed by atoms with van der Waals surface area (Å²) in [5, 5.41) is 0. The van der Waals surface area contributed by atoms with Gasteiger partial charge in [-0.1, -0.05) is 24.8 Å². The summed E-state index contributed by atoms with van der Waals surface area (Å²) < 4.78 is 0. The Kier molecular flexibility index (Phi) is 2.58. The Morgan fingerprint density at radius 1 is 1.78 bits per heavy atom. The van der Waals surface area contributed by atoms with Crippen molar-refractivity contribution in [3.8, 4) is 0 Å². The van der Waals surface area contributed by atoms with Gasteiger partial charge in [0.25, 0.3) is 0 Å². The molecule has 9 heavy (non-hydrogen) atoms. The fourth-order valence-corrected chi connectivity index (χ4v) is 1.34. The minimum atomic E-state index is 0.396. The van der Waals surface area contributed by atoms with Gasteiger partial charge in [0, 0.05) is 5.75 Å². The van der Waals surface area contributed by atoms with E-state index in [0.717, 1.165) is 5.75 Å². The van der Waals surface area contributed by atoms with E-state index < -0.39 is 0 Å². The first kappa shape index (κ1) is 6.62. The topological polar surface area (TPSA) is 12.4 Å². The van der Waals surface area contributed by atoms with Gasteiger partial charge < -0.3 is 0 Å². The van der Waals surface area contributed by atoms with Crippen molar-refractivity contribution in [2.24, 2.45) is 4.99 Å². The van der Waals surface area contributed by atoms with Gasteiger partial charge in [0.1, 0.15) is 0 Å². The first-order chi connectivity index (χ1) is 4.43. The van der Waals surface area contributed by atoms with Crippen molar-refractivity contribution >= 4 is 17.3 Å². The number of allylic oxidation sites excluding steroid dienone is 2. The lowest BCUT2D eigenvalue weighted by molar-refractivity contribution is 0.964. The van der Waals surface area contributed by atoms with Crippen molar-refractivity contribution in [3.05, 3.63) is 24.8 Å². The van der Waals surface area contributed by atoms with Crippen LogP contribution >= 0.6 is 11.8 Å². The molecular formula is C7H9NS. The summed E-state index contributed by atoms with van der Waals surface area (Å²) in [5.74, 6) is 1.09. The fraction of sp³-hybridized carbons (Fsp3) is 0.286. The third-order valence-corrected chi connectivity index (χ3v) is 1.87. The van der Waals surface area contributed by atoms with Crippen molar-refractivity contribution in [1.29, 1.82) is 0 Å². The second kappa shape index (κ2) is 3.51. The molecule has 0 bridgehead atoms. The zero-order chi connectivity index (χ0) is 6.53. The van der Waals surface area contributed by atoms with Gasteiger partial charge in [-0.3, -0.25) is 4.99 Å². The highest BCUT2D eigenvalue weighted by molar-refractivity contribution is 8.12. The molecule has 0 amide bonds. The van der Waals surface area contributed by atoms with Crippen LogP contribution in [0.4, 0.5) is 0 Å². The summed E-state index contributed by atoms with van der Waals surface area (Å²) in [6.07, 6.45) is 5.77. The molecule has 1 aliphatic heterocycles. The summed E-state index contributed by atoms with van der Waals surface area (Å²) in [7, 11) is 0. The van der Waals surface area contributed by atoms with Crippen LogP contribution in [0.1, 0.15) is 0 Å². The lowest BCUT2D eigenvalue weighted by Crippen LogP contribution is -1.96. The molecule has 0 saturated carbocycles. The maximum atomic E-state index is 4.18. The smallest absolute Gasteiger partial charge is 0.0783 e. The molecule has 1 unspecified atom stereocenters. The SMILES string of the molecule is C=CC=CC1CSC=N1. The zero-order valence-corrected chi connectivity index (χ0v) is 5.97. The molecule has 1 heterocycles. The lowest BCUT2D eigenvalue weighted by atomic mass is 10.3. The molecule has 2 heteroatoms. The molecule has 1 rings (SSSR count). The highest BCUT2D eigenvalue weighted by Crippen LogP contribution is 2.11. The first-order valence-electron chi connectivity index (χ1n) is 2.86. The van der Waals surface area contributed by atoms with Crippen LogP contribution in [0.3, 0.4) is 0 Å². The third kappa shape index (κ3) is 2.06. The minimum Gasteiger partial charge on any atom is -0.278 e. The monoisotopic (exact) mass is 139 g/mol. The van der Waals surface area contributed by atoms with Crippen molar-refractivity contribution in [2.75, 3.05) is 5.75 Å². The van der Waals surface area contributed by atoms with E-state index in [4.69, 9.17) is 0 Å². The van der Waals surface area contributed by atoms with Crippen LogP contribution in [0.2, 0.25) is 0 Å². The number of nitrogens with zero attached hydrogens (tertiary/aromatic N) is 1. The Balaban J connectivity index is 2.35. The molecule has 0 aromatic rings. The van der Waals surface area contributed by atoms with E-state index in [1.807, 2.05) is 11.6 Å². The van der Waals surface area contributed by atoms with E-state index in [2.05, 4.69) is 17.6 Å². The van der Waals surface area contributed by atoms with E-state index in [-0.39, 0.29) is 0 Å². The molecule has 1 atom stereocenters. The van der Waals surface area contributed by atoms with Crippen molar-refractivity contribution < 1.29 is 0 Å². The second-order valence-electron chi connectivity index (χ2n) is 1.78. The Labute approximate surface area is 59.6 Å². The van der Waals surface area contributed by atoms with Gasteiger partial charge in [0.05, 0.1) is 11.6 Å². The predicted octanol–water partition coefficient (Wildman–Crippen LogP) is 1.87. The molecule has 0 aliphatic carbocycles. The third-order valence-electron chi connectivity index (χ3n) is 1.06. The molecule has 0 spiro atoms. The standard InChI is InChI=1S/C7H9NS/c1-2-3-4-7-5-9-6-8-7/h2-4,6-7H,1,5H2. The van der Waals surface area contributed by atoms with E-state index in [0.29, 0.717) is 6.04 Å². The van der Waals surface area contributed by atoms with Gasteiger partial charge in [-0.2, -0.15) is 0 Å². The number of thioether (sulfide) groups is 1. The van der Waals surface area contributed by atoms with Crippen molar-refractivity contribution in [3.63, 3.8) is 0 Å². The van der Waals surface area contributed by atoms with Gasteiger partial charge in [0.15, 0.2) is 0 Å². The maximum Gasteiger partial charge on any atom is 0.0783 e. The molecule has 0 fully saturated rings. The van der Waals surface area contributed by atoms with Crippen molar-refractivity contribution in [1.82, 2.24) is 0 Å². The Morgan fingerprint density at radius 2 is 2.67 bits per heavy atom. The molecule has 1 nitrogen and oxygen atoms in total. The normalized spacial score (nSPS) is 25.6. The van der Waals surface area contributed by atoms with Crippen LogP contribution in [0, 0.1) is 0 Å². The van der Waals surface area contributed by atoms with Gasteiger partial charge in [-0.25, -0.2) is 0 Å². The summed E-state index contributed by atoms with van der Waals surface area (Å²) in [4.78, 5) is 4.18. The second-order valence-corrected chi connectivity index (χ2v) is 2.65. The van der Waals surface area contributed by atoms with Gasteiger partial charge in [-0.05, 0) is 0 Å². The van der Waals surface area contributed by atoms with Crippen LogP contribution in [0.15, 0.2) is 29.8 Å². The molecule has 0 aromatic carbocycles. The van der Waals surface area contributed by atoms with E-state index >= 15 is 0 Å². The summed E-state index contributed by atoms with van der Waals surface area (Å²) in [5.41, 5.74) is 1.90. The average molecular weight is 139 g/mol. The zero-order valence-electron chi connectivity index (χ0n) is 5.16. The minimum absolute atomic E-state index is 0.396. The number of rotatable bonds is 2. The molecule has 0 radical (unpaired) electrons. The number of hydrogen-bond donors (Lipinski definition) is 0. The Bertz CT molecular complexity index is 149. The molecule has 0 N–H and O–H groups in total. The van der Waals surface area contributed by atoms with Crippen LogP contribution < -0.4 is 0 Å². The van der Waals surface area contributed by atoms with Crippen molar-refractivity contribution in [2.45, 2.75) is 6.04 Å². The van der Waals surface area contributed by atoms with E-state index in [9.17, 15) is 0 Å². The Hall–Kier alpha value is -0.500. The van der Waals surface area contributed by atoms with Gasteiger partial charge >= 0.3 is 0 Å². The summed E-state index contributed by atoms with van der Waals surface area (Å²) in [6, 6.07) is 0.396. The lowest BCUT2D eigenvalue weighted by Gasteiger charge is -1.93. The summed E-state index contributed by atoms with van der Waals surface area (Å²) >= 11 is 1.76. The molecule has 0 aromatic heterocycles. The molecule has 0 saturated heterocycles. The quantitative estimate of drug-likeness (QED) is 0.532. The van der Waals surface area contributed by atoms with Crippen LogP contribution in [-0.2, 0) is 0 Å². The van der Waals surface area contributed by atoms with Crippen LogP contribution in [0.25, 0.3) is 0 Å². The van der Waals surface area contributed by atoms with Gasteiger partial charge in [-0.15, -0.1) is 11.8 Å². The molecule has 1 aliphatic rings. The van der Waals surface area contributed by atoms with E-state index in [1.165, 1.54) is 0 Å². The Morgan fingerprint density at radius 3 is 3.22 bits per heavy atom. The predicted molar refractivity (Wildman–Crippen MR) is 44.1 cm³/mol. The highest BCUT2D eigenvalue weighted by Gasteiger charge is 2.04. The van der Waals surface area contributed by atoms with Crippen LogP contribution in [0.5, 0.6) is 0 Å². The number of hydrogen-bond acceptors (Lipinski definition) is 2. The summed E-state index contributed by atoms with van der Waals surface area (Å²) in [6.45, 7) is 3.58. The average Bonchev–Trinajstić information content (AvgIpc) is 2.34. The number of aliphatic imine (C=N–C) groups is 1. The molecule has 48 valence electrons. The fourth-order valence-electron chi connectivity index (χ4n) is 0.618. The van der Waals surface area contributed by atoms with Gasteiger partial charge in [0.2, 0.25) is 0 Å². The van der Waals surface area contributed by atoms with Crippen LogP contribution in [-0.4, -0.2) is 17.3 Å². The maximum absolute atomic E-state index is 4.18. The highest BCUT2D eigenvalue weighted by atomic mass is 32.2. The largest absolute Gasteiger partial charge is 0.278 e.